The van der Waals surface area contributed by atoms with Crippen molar-refractivity contribution in [2.45, 2.75) is 50.5 Å². The van der Waals surface area contributed by atoms with Gasteiger partial charge in [0.15, 0.2) is 23.3 Å². The maximum atomic E-state index is 15.0. The minimum absolute atomic E-state index is 0.0354. The second kappa shape index (κ2) is 9.98. The summed E-state index contributed by atoms with van der Waals surface area (Å²) in [4.78, 5) is 0. The van der Waals surface area contributed by atoms with Gasteiger partial charge >= 0.3 is 0 Å². The van der Waals surface area contributed by atoms with Crippen molar-refractivity contribution >= 4 is 0 Å². The highest BCUT2D eigenvalue weighted by molar-refractivity contribution is 5.65. The van der Waals surface area contributed by atoms with Crippen molar-refractivity contribution in [2.24, 2.45) is 5.92 Å². The van der Waals surface area contributed by atoms with Crippen LogP contribution in [-0.4, -0.2) is 6.61 Å². The lowest BCUT2D eigenvalue weighted by atomic mass is 9.78. The minimum atomic E-state index is -0.838. The monoisotopic (exact) mass is 480 g/mol. The largest absolute Gasteiger partial charge is 0.368 e. The molecule has 0 radical (unpaired) electrons. The predicted octanol–water partition coefficient (Wildman–Crippen LogP) is 8.23. The van der Waals surface area contributed by atoms with Gasteiger partial charge in [-0.2, -0.15) is 0 Å². The van der Waals surface area contributed by atoms with Gasteiger partial charge in [-0.1, -0.05) is 54.6 Å². The van der Waals surface area contributed by atoms with Crippen LogP contribution in [0, 0.1) is 29.2 Å². The number of halogens is 4. The zero-order chi connectivity index (χ0) is 24.5. The molecule has 1 aliphatic carbocycles. The van der Waals surface area contributed by atoms with Crippen LogP contribution in [0.1, 0.15) is 60.0 Å². The fourth-order valence-electron chi connectivity index (χ4n) is 5.17. The van der Waals surface area contributed by atoms with Gasteiger partial charge in [-0.05, 0) is 72.6 Å². The molecule has 1 atom stereocenters. The highest BCUT2D eigenvalue weighted by Gasteiger charge is 2.30. The van der Waals surface area contributed by atoms with Crippen LogP contribution in [-0.2, 0) is 17.6 Å². The molecule has 1 nitrogen and oxygen atoms in total. The third-order valence-electron chi connectivity index (χ3n) is 7.48. The lowest BCUT2D eigenvalue weighted by Gasteiger charge is -2.27. The van der Waals surface area contributed by atoms with Crippen LogP contribution >= 0.6 is 0 Å². The first kappa shape index (κ1) is 23.8. The summed E-state index contributed by atoms with van der Waals surface area (Å²) in [6.07, 6.45) is 6.03. The van der Waals surface area contributed by atoms with Crippen LogP contribution < -0.4 is 0 Å². The molecule has 1 saturated carbocycles. The number of epoxide rings is 1. The quantitative estimate of drug-likeness (QED) is 0.189. The Balaban J connectivity index is 1.27. The Morgan fingerprint density at radius 2 is 1.40 bits per heavy atom. The molecule has 182 valence electrons. The van der Waals surface area contributed by atoms with Gasteiger partial charge in [0.2, 0.25) is 0 Å². The predicted molar refractivity (Wildman–Crippen MR) is 129 cm³/mol. The standard InChI is InChI=1S/C30H28F4O/c1-2-18-3-8-20(9-4-18)23-15-16-24(29(33)28(23)32)21-10-5-19(6-11-21)7-12-22-13-14-25(26-17-35-26)30(34)27(22)31/h2,5-6,10-11,13-16,18,20,26H,1,3-4,7-9,12,17H2. The molecule has 5 heteroatoms. The molecule has 5 rings (SSSR count). The van der Waals surface area contributed by atoms with E-state index in [2.05, 4.69) is 6.58 Å². The van der Waals surface area contributed by atoms with E-state index in [0.717, 1.165) is 31.2 Å². The summed E-state index contributed by atoms with van der Waals surface area (Å²) in [6.45, 7) is 4.26. The number of ether oxygens (including phenoxy) is 1. The first-order valence-electron chi connectivity index (χ1n) is 12.2. The summed E-state index contributed by atoms with van der Waals surface area (Å²) in [5.74, 6) is -2.75. The fraction of sp³-hybridized carbons (Fsp3) is 0.333. The van der Waals surface area contributed by atoms with Crippen LogP contribution in [0.2, 0.25) is 0 Å². The highest BCUT2D eigenvalue weighted by Crippen LogP contribution is 2.39. The summed E-state index contributed by atoms with van der Waals surface area (Å²) >= 11 is 0. The third-order valence-corrected chi connectivity index (χ3v) is 7.48. The molecule has 1 heterocycles. The van der Waals surface area contributed by atoms with E-state index in [1.54, 1.807) is 36.4 Å². The Morgan fingerprint density at radius 3 is 2.06 bits per heavy atom. The van der Waals surface area contributed by atoms with Crippen molar-refractivity contribution in [1.29, 1.82) is 0 Å². The summed E-state index contributed by atoms with van der Waals surface area (Å²) in [7, 11) is 0. The maximum Gasteiger partial charge on any atom is 0.166 e. The fourth-order valence-corrected chi connectivity index (χ4v) is 5.17. The molecule has 3 aromatic carbocycles. The van der Waals surface area contributed by atoms with E-state index in [1.807, 2.05) is 18.2 Å². The normalized spacial score (nSPS) is 21.7. The van der Waals surface area contributed by atoms with Gasteiger partial charge in [-0.25, -0.2) is 17.6 Å². The van der Waals surface area contributed by atoms with E-state index in [9.17, 15) is 13.2 Å². The molecule has 1 aliphatic heterocycles. The summed E-state index contributed by atoms with van der Waals surface area (Å²) in [5.41, 5.74) is 2.74. The molecule has 3 aromatic rings. The Morgan fingerprint density at radius 1 is 0.743 bits per heavy atom. The third kappa shape index (κ3) is 4.92. The number of aryl methyl sites for hydroxylation is 2. The van der Waals surface area contributed by atoms with Gasteiger partial charge in [0.25, 0.3) is 0 Å². The maximum absolute atomic E-state index is 15.0. The van der Waals surface area contributed by atoms with Gasteiger partial charge in [-0.15, -0.1) is 6.58 Å². The molecule has 1 saturated heterocycles. The average Bonchev–Trinajstić information content (AvgIpc) is 3.72. The number of allylic oxidation sites excluding steroid dienone is 1. The number of hydrogen-bond acceptors (Lipinski definition) is 1. The van der Waals surface area contributed by atoms with Crippen molar-refractivity contribution in [3.8, 4) is 11.1 Å². The van der Waals surface area contributed by atoms with Crippen LogP contribution in [0.4, 0.5) is 17.6 Å². The highest BCUT2D eigenvalue weighted by atomic mass is 19.2. The Kier molecular flexibility index (Phi) is 6.79. The van der Waals surface area contributed by atoms with Crippen molar-refractivity contribution in [1.82, 2.24) is 0 Å². The summed E-state index contributed by atoms with van der Waals surface area (Å²) < 4.78 is 63.7. The molecule has 2 fully saturated rings. The van der Waals surface area contributed by atoms with Gasteiger partial charge < -0.3 is 4.74 Å². The van der Waals surface area contributed by atoms with E-state index >= 15 is 4.39 Å². The van der Waals surface area contributed by atoms with Gasteiger partial charge in [-0.3, -0.25) is 0 Å². The molecule has 0 N–H and O–H groups in total. The first-order chi connectivity index (χ1) is 17.0. The van der Waals surface area contributed by atoms with Crippen molar-refractivity contribution in [3.05, 3.63) is 107 Å². The van der Waals surface area contributed by atoms with E-state index in [4.69, 9.17) is 4.74 Å². The molecule has 2 aliphatic rings. The molecule has 0 spiro atoms. The van der Waals surface area contributed by atoms with E-state index in [-0.39, 0.29) is 23.1 Å². The van der Waals surface area contributed by atoms with E-state index in [0.29, 0.717) is 42.1 Å². The second-order valence-electron chi connectivity index (χ2n) is 9.64. The van der Waals surface area contributed by atoms with E-state index in [1.165, 1.54) is 0 Å². The zero-order valence-electron chi connectivity index (χ0n) is 19.5. The van der Waals surface area contributed by atoms with Crippen LogP contribution in [0.15, 0.2) is 61.2 Å². The van der Waals surface area contributed by atoms with Crippen molar-refractivity contribution < 1.29 is 22.3 Å². The lowest BCUT2D eigenvalue weighted by Crippen LogP contribution is -2.13. The van der Waals surface area contributed by atoms with Gasteiger partial charge in [0.1, 0.15) is 6.10 Å². The van der Waals surface area contributed by atoms with Crippen LogP contribution in [0.3, 0.4) is 0 Å². The Hall–Kier alpha value is -2.92. The van der Waals surface area contributed by atoms with Crippen LogP contribution in [0.25, 0.3) is 11.1 Å². The van der Waals surface area contributed by atoms with Gasteiger partial charge in [0, 0.05) is 11.1 Å². The molecule has 0 bridgehead atoms. The molecule has 0 amide bonds. The van der Waals surface area contributed by atoms with E-state index < -0.39 is 23.3 Å². The molecular weight excluding hydrogens is 452 g/mol. The number of benzene rings is 3. The molecule has 35 heavy (non-hydrogen) atoms. The first-order valence-corrected chi connectivity index (χ1v) is 12.2. The van der Waals surface area contributed by atoms with Crippen molar-refractivity contribution in [3.63, 3.8) is 0 Å². The van der Waals surface area contributed by atoms with Gasteiger partial charge in [0.05, 0.1) is 6.61 Å². The summed E-state index contributed by atoms with van der Waals surface area (Å²) in [5, 5.41) is 0. The molecule has 1 unspecified atom stereocenters. The zero-order valence-corrected chi connectivity index (χ0v) is 19.5. The Bertz CT molecular complexity index is 1220. The summed E-state index contributed by atoms with van der Waals surface area (Å²) in [6, 6.07) is 13.7. The lowest BCUT2D eigenvalue weighted by molar-refractivity contribution is 0.364. The Labute approximate surface area is 203 Å². The number of rotatable bonds is 7. The van der Waals surface area contributed by atoms with Crippen molar-refractivity contribution in [2.75, 3.05) is 6.61 Å². The molecular formula is C30H28F4O. The minimum Gasteiger partial charge on any atom is -0.368 e. The number of hydrogen-bond donors (Lipinski definition) is 0. The van der Waals surface area contributed by atoms with Crippen LogP contribution in [0.5, 0.6) is 0 Å². The average molecular weight is 481 g/mol. The molecule has 0 aromatic heterocycles. The smallest absolute Gasteiger partial charge is 0.166 e. The SMILES string of the molecule is C=CC1CCC(c2ccc(-c3ccc(CCc4ccc(C5CO5)c(F)c4F)cc3)c(F)c2F)CC1. The second-order valence-corrected chi connectivity index (χ2v) is 9.64. The topological polar surface area (TPSA) is 12.5 Å².